The molecule has 0 bridgehead atoms. The van der Waals surface area contributed by atoms with Crippen LogP contribution in [-0.4, -0.2) is 27.2 Å². The van der Waals surface area contributed by atoms with Crippen LogP contribution < -0.4 is 10.6 Å². The number of fused-ring (bicyclic) bond motifs is 1. The highest BCUT2D eigenvalue weighted by Gasteiger charge is 2.23. The number of nitrogens with one attached hydrogen (secondary N) is 2. The molecule has 0 unspecified atom stereocenters. The summed E-state index contributed by atoms with van der Waals surface area (Å²) in [6.07, 6.45) is 1.68. The Morgan fingerprint density at radius 1 is 1.21 bits per heavy atom. The summed E-state index contributed by atoms with van der Waals surface area (Å²) in [7, 11) is 0. The second-order valence-corrected chi connectivity index (χ2v) is 7.15. The average molecular weight is 379 g/mol. The van der Waals surface area contributed by atoms with Gasteiger partial charge in [-0.25, -0.2) is 9.37 Å². The van der Waals surface area contributed by atoms with Crippen molar-refractivity contribution in [3.05, 3.63) is 54.1 Å². The highest BCUT2D eigenvalue weighted by molar-refractivity contribution is 5.92. The van der Waals surface area contributed by atoms with Crippen molar-refractivity contribution in [1.29, 1.82) is 0 Å². The molecule has 1 aromatic carbocycles. The van der Waals surface area contributed by atoms with Gasteiger partial charge in [-0.2, -0.15) is 5.10 Å². The molecule has 0 fully saturated rings. The van der Waals surface area contributed by atoms with Crippen molar-refractivity contribution in [1.82, 2.24) is 20.1 Å². The van der Waals surface area contributed by atoms with Gasteiger partial charge in [-0.15, -0.1) is 0 Å². The maximum Gasteiger partial charge on any atom is 0.228 e. The third-order valence-corrected chi connectivity index (χ3v) is 4.79. The summed E-state index contributed by atoms with van der Waals surface area (Å²) >= 11 is 0. The molecule has 0 spiro atoms. The first-order chi connectivity index (χ1) is 13.5. The molecule has 28 heavy (non-hydrogen) atoms. The van der Waals surface area contributed by atoms with Crippen molar-refractivity contribution in [3.63, 3.8) is 0 Å². The smallest absolute Gasteiger partial charge is 0.228 e. The van der Waals surface area contributed by atoms with E-state index in [1.807, 2.05) is 30.7 Å². The summed E-state index contributed by atoms with van der Waals surface area (Å²) in [5, 5.41) is 11.0. The Hall–Kier alpha value is -3.06. The molecule has 144 valence electrons. The van der Waals surface area contributed by atoms with Gasteiger partial charge in [0.25, 0.3) is 0 Å². The Morgan fingerprint density at radius 3 is 2.75 bits per heavy atom. The van der Waals surface area contributed by atoms with Gasteiger partial charge >= 0.3 is 0 Å². The van der Waals surface area contributed by atoms with Crippen LogP contribution >= 0.6 is 0 Å². The standard InChI is InChI=1S/C21H22FN5O/c1-13(2)21(28)25-18-11-15(7-8-24-18)19-17-12-23-9-10-27(17)26-20(19)14-3-5-16(22)6-4-14/h3-8,11,13,23H,9-10,12H2,1-2H3,(H,24,25,28). The number of hydrogen-bond acceptors (Lipinski definition) is 4. The Balaban J connectivity index is 1.81. The lowest BCUT2D eigenvalue weighted by molar-refractivity contribution is -0.118. The van der Waals surface area contributed by atoms with E-state index in [2.05, 4.69) is 15.6 Å². The molecule has 1 aliphatic heterocycles. The quantitative estimate of drug-likeness (QED) is 0.728. The van der Waals surface area contributed by atoms with Crippen molar-refractivity contribution in [2.45, 2.75) is 26.9 Å². The lowest BCUT2D eigenvalue weighted by atomic mass is 9.99. The number of aromatic nitrogens is 3. The van der Waals surface area contributed by atoms with Crippen LogP contribution in [0.25, 0.3) is 22.4 Å². The first kappa shape index (κ1) is 18.3. The highest BCUT2D eigenvalue weighted by atomic mass is 19.1. The molecule has 2 aromatic heterocycles. The summed E-state index contributed by atoms with van der Waals surface area (Å²) in [5.74, 6) is 0.0129. The molecule has 1 aliphatic rings. The van der Waals surface area contributed by atoms with Crippen LogP contribution in [0.15, 0.2) is 42.6 Å². The predicted octanol–water partition coefficient (Wildman–Crippen LogP) is 3.45. The zero-order chi connectivity index (χ0) is 19.7. The van der Waals surface area contributed by atoms with Crippen LogP contribution in [0.1, 0.15) is 19.5 Å². The fourth-order valence-corrected chi connectivity index (χ4v) is 3.29. The number of benzene rings is 1. The Kier molecular flexibility index (Phi) is 4.92. The molecule has 3 aromatic rings. The maximum absolute atomic E-state index is 13.4. The predicted molar refractivity (Wildman–Crippen MR) is 106 cm³/mol. The molecular formula is C21H22FN5O. The number of carbonyl (C=O) groups excluding carboxylic acids is 1. The van der Waals surface area contributed by atoms with Crippen LogP contribution in [0.4, 0.5) is 10.2 Å². The first-order valence-corrected chi connectivity index (χ1v) is 9.36. The zero-order valence-corrected chi connectivity index (χ0v) is 15.9. The van der Waals surface area contributed by atoms with Gasteiger partial charge in [-0.05, 0) is 42.0 Å². The number of amides is 1. The van der Waals surface area contributed by atoms with Crippen molar-refractivity contribution in [2.24, 2.45) is 5.92 Å². The number of anilines is 1. The van der Waals surface area contributed by atoms with Gasteiger partial charge in [0, 0.05) is 36.3 Å². The van der Waals surface area contributed by atoms with Gasteiger partial charge in [0.1, 0.15) is 17.3 Å². The van der Waals surface area contributed by atoms with Crippen LogP contribution in [0.2, 0.25) is 0 Å². The molecule has 6 nitrogen and oxygen atoms in total. The van der Waals surface area contributed by atoms with E-state index < -0.39 is 0 Å². The van der Waals surface area contributed by atoms with Crippen molar-refractivity contribution in [2.75, 3.05) is 11.9 Å². The van der Waals surface area contributed by atoms with Gasteiger partial charge in [0.05, 0.1) is 12.2 Å². The number of rotatable bonds is 4. The highest BCUT2D eigenvalue weighted by Crippen LogP contribution is 2.36. The summed E-state index contributed by atoms with van der Waals surface area (Å²) in [5.41, 5.74) is 4.60. The van der Waals surface area contributed by atoms with E-state index in [-0.39, 0.29) is 17.6 Å². The maximum atomic E-state index is 13.4. The number of pyridine rings is 1. The SMILES string of the molecule is CC(C)C(=O)Nc1cc(-c2c(-c3ccc(F)cc3)nn3c2CNCC3)ccn1. The third kappa shape index (κ3) is 3.53. The molecular weight excluding hydrogens is 357 g/mol. The lowest BCUT2D eigenvalue weighted by Gasteiger charge is -2.16. The number of halogens is 1. The van der Waals surface area contributed by atoms with Gasteiger partial charge in [-0.3, -0.25) is 9.48 Å². The van der Waals surface area contributed by atoms with E-state index in [0.29, 0.717) is 12.4 Å². The number of hydrogen-bond donors (Lipinski definition) is 2. The molecule has 0 radical (unpaired) electrons. The molecule has 0 atom stereocenters. The van der Waals surface area contributed by atoms with Gasteiger partial charge in [0.15, 0.2) is 0 Å². The van der Waals surface area contributed by atoms with E-state index in [1.165, 1.54) is 12.1 Å². The second-order valence-electron chi connectivity index (χ2n) is 7.15. The van der Waals surface area contributed by atoms with E-state index in [9.17, 15) is 9.18 Å². The minimum Gasteiger partial charge on any atom is -0.310 e. The molecule has 0 saturated carbocycles. The normalized spacial score (nSPS) is 13.4. The average Bonchev–Trinajstić information content (AvgIpc) is 3.08. The topological polar surface area (TPSA) is 71.8 Å². The van der Waals surface area contributed by atoms with E-state index >= 15 is 0 Å². The Morgan fingerprint density at radius 2 is 2.00 bits per heavy atom. The zero-order valence-electron chi connectivity index (χ0n) is 15.9. The van der Waals surface area contributed by atoms with Crippen LogP contribution in [0.3, 0.4) is 0 Å². The lowest BCUT2D eigenvalue weighted by Crippen LogP contribution is -2.28. The van der Waals surface area contributed by atoms with E-state index in [0.717, 1.165) is 41.2 Å². The van der Waals surface area contributed by atoms with Gasteiger partial charge in [-0.1, -0.05) is 13.8 Å². The summed E-state index contributed by atoms with van der Waals surface area (Å²) < 4.78 is 15.4. The summed E-state index contributed by atoms with van der Waals surface area (Å²) in [6.45, 7) is 5.99. The number of nitrogens with zero attached hydrogens (tertiary/aromatic N) is 3. The number of carbonyl (C=O) groups is 1. The Labute approximate surface area is 162 Å². The monoisotopic (exact) mass is 379 g/mol. The van der Waals surface area contributed by atoms with E-state index in [1.54, 1.807) is 18.3 Å². The van der Waals surface area contributed by atoms with Gasteiger partial charge < -0.3 is 10.6 Å². The molecule has 2 N–H and O–H groups in total. The second kappa shape index (κ2) is 7.52. The van der Waals surface area contributed by atoms with Crippen molar-refractivity contribution >= 4 is 11.7 Å². The minimum atomic E-state index is -0.279. The van der Waals surface area contributed by atoms with Crippen molar-refractivity contribution < 1.29 is 9.18 Å². The third-order valence-electron chi connectivity index (χ3n) is 4.79. The molecule has 0 aliphatic carbocycles. The minimum absolute atomic E-state index is 0.0814. The van der Waals surface area contributed by atoms with Crippen LogP contribution in [-0.2, 0) is 17.9 Å². The van der Waals surface area contributed by atoms with Crippen LogP contribution in [0, 0.1) is 11.7 Å². The summed E-state index contributed by atoms with van der Waals surface area (Å²) in [6, 6.07) is 10.1. The molecule has 0 saturated heterocycles. The first-order valence-electron chi connectivity index (χ1n) is 9.36. The molecule has 7 heteroatoms. The fraction of sp³-hybridized carbons (Fsp3) is 0.286. The van der Waals surface area contributed by atoms with Crippen molar-refractivity contribution in [3.8, 4) is 22.4 Å². The molecule has 4 rings (SSSR count). The van der Waals surface area contributed by atoms with Gasteiger partial charge in [0.2, 0.25) is 5.91 Å². The summed E-state index contributed by atoms with van der Waals surface area (Å²) in [4.78, 5) is 16.3. The largest absolute Gasteiger partial charge is 0.310 e. The van der Waals surface area contributed by atoms with E-state index in [4.69, 9.17) is 5.10 Å². The van der Waals surface area contributed by atoms with Crippen LogP contribution in [0.5, 0.6) is 0 Å². The molecule has 3 heterocycles. The molecule has 1 amide bonds. The Bertz CT molecular complexity index is 1010. The fourth-order valence-electron chi connectivity index (χ4n) is 3.29.